The Kier molecular flexibility index (Phi) is 5.19. The third-order valence-electron chi connectivity index (χ3n) is 4.05. The third-order valence-corrected chi connectivity index (χ3v) is 7.38. The van der Waals surface area contributed by atoms with Crippen molar-refractivity contribution in [2.45, 2.75) is 29.2 Å². The minimum atomic E-state index is -3.72. The van der Waals surface area contributed by atoms with Crippen LogP contribution < -0.4 is 4.72 Å². The molecule has 0 aliphatic carbocycles. The molecular weight excluding hydrogens is 362 g/mol. The van der Waals surface area contributed by atoms with Gasteiger partial charge >= 0.3 is 0 Å². The van der Waals surface area contributed by atoms with Crippen molar-refractivity contribution < 1.29 is 16.8 Å². The number of nitrogens with one attached hydrogen (secondary N) is 1. The highest BCUT2D eigenvalue weighted by Crippen LogP contribution is 2.22. The molecule has 0 bridgehead atoms. The highest BCUT2D eigenvalue weighted by atomic mass is 32.2. The van der Waals surface area contributed by atoms with E-state index in [0.717, 1.165) is 18.4 Å². The number of aromatic nitrogens is 1. The Labute approximate surface area is 147 Å². The predicted octanol–water partition coefficient (Wildman–Crippen LogP) is 1.34. The molecule has 1 N–H and O–H groups in total. The second-order valence-electron chi connectivity index (χ2n) is 5.76. The summed E-state index contributed by atoms with van der Waals surface area (Å²) in [5.41, 5.74) is 0.784. The summed E-state index contributed by atoms with van der Waals surface area (Å²) < 4.78 is 53.5. The van der Waals surface area contributed by atoms with Gasteiger partial charge in [-0.15, -0.1) is 0 Å². The zero-order valence-electron chi connectivity index (χ0n) is 13.5. The van der Waals surface area contributed by atoms with Crippen LogP contribution >= 0.6 is 0 Å². The molecule has 134 valence electrons. The van der Waals surface area contributed by atoms with E-state index in [4.69, 9.17) is 0 Å². The average molecular weight is 381 g/mol. The SMILES string of the molecule is O=S(=O)(NCc1ccncc1)c1ccc(S(=O)(=O)N2CCCC2)cc1. The number of hydrogen-bond acceptors (Lipinski definition) is 5. The lowest BCUT2D eigenvalue weighted by Gasteiger charge is -2.15. The number of sulfonamides is 2. The minimum absolute atomic E-state index is 0.0296. The monoisotopic (exact) mass is 381 g/mol. The largest absolute Gasteiger partial charge is 0.265 e. The van der Waals surface area contributed by atoms with Crippen molar-refractivity contribution in [3.8, 4) is 0 Å². The van der Waals surface area contributed by atoms with Crippen LogP contribution in [0, 0.1) is 0 Å². The van der Waals surface area contributed by atoms with Crippen LogP contribution in [0.4, 0.5) is 0 Å². The number of nitrogens with zero attached hydrogens (tertiary/aromatic N) is 2. The van der Waals surface area contributed by atoms with Gasteiger partial charge in [0, 0.05) is 32.0 Å². The van der Waals surface area contributed by atoms with E-state index in [-0.39, 0.29) is 16.3 Å². The lowest BCUT2D eigenvalue weighted by atomic mass is 10.3. The number of rotatable bonds is 6. The van der Waals surface area contributed by atoms with Crippen LogP contribution in [0.25, 0.3) is 0 Å². The first-order chi connectivity index (χ1) is 11.9. The molecule has 2 aromatic rings. The van der Waals surface area contributed by atoms with Crippen molar-refractivity contribution in [2.24, 2.45) is 0 Å². The van der Waals surface area contributed by atoms with Crippen molar-refractivity contribution in [3.63, 3.8) is 0 Å². The van der Waals surface area contributed by atoms with E-state index in [1.807, 2.05) is 0 Å². The zero-order valence-corrected chi connectivity index (χ0v) is 15.1. The Morgan fingerprint density at radius 3 is 2.04 bits per heavy atom. The first-order valence-corrected chi connectivity index (χ1v) is 10.8. The lowest BCUT2D eigenvalue weighted by Crippen LogP contribution is -2.28. The standard InChI is InChI=1S/C16H19N3O4S2/c20-24(21,18-13-14-7-9-17-10-8-14)15-3-5-16(6-4-15)25(22,23)19-11-1-2-12-19/h3-10,18H,1-2,11-13H2. The van der Waals surface area contributed by atoms with E-state index in [0.29, 0.717) is 13.1 Å². The molecule has 1 aliphatic heterocycles. The maximum Gasteiger partial charge on any atom is 0.243 e. The topological polar surface area (TPSA) is 96.4 Å². The number of hydrogen-bond donors (Lipinski definition) is 1. The first-order valence-electron chi connectivity index (χ1n) is 7.88. The molecule has 0 amide bonds. The van der Waals surface area contributed by atoms with Gasteiger partial charge in [-0.25, -0.2) is 21.6 Å². The zero-order chi connectivity index (χ0) is 17.9. The first kappa shape index (κ1) is 18.0. The summed E-state index contributed by atoms with van der Waals surface area (Å²) in [5.74, 6) is 0. The van der Waals surface area contributed by atoms with Gasteiger partial charge in [0.2, 0.25) is 20.0 Å². The molecule has 0 spiro atoms. The summed E-state index contributed by atoms with van der Waals surface area (Å²) in [7, 11) is -7.26. The van der Waals surface area contributed by atoms with Crippen LogP contribution in [-0.2, 0) is 26.6 Å². The van der Waals surface area contributed by atoms with Crippen LogP contribution in [0.5, 0.6) is 0 Å². The van der Waals surface area contributed by atoms with Crippen molar-refractivity contribution in [3.05, 3.63) is 54.4 Å². The molecule has 25 heavy (non-hydrogen) atoms. The van der Waals surface area contributed by atoms with Crippen LogP contribution in [0.1, 0.15) is 18.4 Å². The fourth-order valence-electron chi connectivity index (χ4n) is 2.63. The summed E-state index contributed by atoms with van der Waals surface area (Å²) in [6.45, 7) is 1.16. The van der Waals surface area contributed by atoms with Crippen molar-refractivity contribution >= 4 is 20.0 Å². The highest BCUT2D eigenvalue weighted by Gasteiger charge is 2.27. The molecule has 2 heterocycles. The van der Waals surface area contributed by atoms with E-state index in [1.54, 1.807) is 24.5 Å². The quantitative estimate of drug-likeness (QED) is 0.815. The molecule has 7 nitrogen and oxygen atoms in total. The fraction of sp³-hybridized carbons (Fsp3) is 0.312. The summed E-state index contributed by atoms with van der Waals surface area (Å²) in [6, 6.07) is 8.75. The maximum atomic E-state index is 12.5. The summed E-state index contributed by atoms with van der Waals surface area (Å²) in [6.07, 6.45) is 4.87. The Bertz CT molecular complexity index is 921. The van der Waals surface area contributed by atoms with Gasteiger partial charge in [0.1, 0.15) is 0 Å². The van der Waals surface area contributed by atoms with Crippen LogP contribution in [-0.4, -0.2) is 39.2 Å². The predicted molar refractivity (Wildman–Crippen MR) is 92.7 cm³/mol. The Balaban J connectivity index is 1.75. The Morgan fingerprint density at radius 2 is 1.44 bits per heavy atom. The van der Waals surface area contributed by atoms with Gasteiger partial charge in [-0.05, 0) is 54.8 Å². The van der Waals surface area contributed by atoms with Crippen LogP contribution in [0.3, 0.4) is 0 Å². The maximum absolute atomic E-state index is 12.5. The molecule has 0 unspecified atom stereocenters. The lowest BCUT2D eigenvalue weighted by molar-refractivity contribution is 0.477. The molecule has 3 rings (SSSR count). The fourth-order valence-corrected chi connectivity index (χ4v) is 5.17. The molecule has 1 fully saturated rings. The van der Waals surface area contributed by atoms with Crippen LogP contribution in [0.15, 0.2) is 58.6 Å². The van der Waals surface area contributed by atoms with Gasteiger partial charge in [-0.1, -0.05) is 0 Å². The molecule has 1 aromatic carbocycles. The second kappa shape index (κ2) is 7.20. The van der Waals surface area contributed by atoms with Crippen molar-refractivity contribution in [1.29, 1.82) is 0 Å². The molecule has 1 aliphatic rings. The second-order valence-corrected chi connectivity index (χ2v) is 9.47. The van der Waals surface area contributed by atoms with Gasteiger partial charge in [0.15, 0.2) is 0 Å². The smallest absolute Gasteiger partial charge is 0.243 e. The van der Waals surface area contributed by atoms with Crippen molar-refractivity contribution in [1.82, 2.24) is 14.0 Å². The van der Waals surface area contributed by atoms with E-state index < -0.39 is 20.0 Å². The molecule has 0 radical (unpaired) electrons. The molecule has 0 atom stereocenters. The van der Waals surface area contributed by atoms with Gasteiger partial charge in [0.05, 0.1) is 9.79 Å². The normalized spacial score (nSPS) is 16.2. The van der Waals surface area contributed by atoms with Gasteiger partial charge in [-0.3, -0.25) is 4.98 Å². The molecule has 1 aromatic heterocycles. The van der Waals surface area contributed by atoms with E-state index in [1.165, 1.54) is 28.6 Å². The third kappa shape index (κ3) is 4.06. The van der Waals surface area contributed by atoms with Gasteiger partial charge in [0.25, 0.3) is 0 Å². The molecule has 0 saturated carbocycles. The van der Waals surface area contributed by atoms with Crippen LogP contribution in [0.2, 0.25) is 0 Å². The number of pyridine rings is 1. The summed E-state index contributed by atoms with van der Waals surface area (Å²) >= 11 is 0. The summed E-state index contributed by atoms with van der Waals surface area (Å²) in [4.78, 5) is 4.02. The van der Waals surface area contributed by atoms with Crippen molar-refractivity contribution in [2.75, 3.05) is 13.1 Å². The molecular formula is C16H19N3O4S2. The van der Waals surface area contributed by atoms with Gasteiger partial charge in [-0.2, -0.15) is 4.31 Å². The number of benzene rings is 1. The van der Waals surface area contributed by atoms with E-state index in [2.05, 4.69) is 9.71 Å². The Morgan fingerprint density at radius 1 is 0.880 bits per heavy atom. The van der Waals surface area contributed by atoms with E-state index >= 15 is 0 Å². The van der Waals surface area contributed by atoms with E-state index in [9.17, 15) is 16.8 Å². The highest BCUT2D eigenvalue weighted by molar-refractivity contribution is 7.89. The Hall–Kier alpha value is -1.81. The molecule has 1 saturated heterocycles. The van der Waals surface area contributed by atoms with Gasteiger partial charge < -0.3 is 0 Å². The summed E-state index contributed by atoms with van der Waals surface area (Å²) in [5, 5.41) is 0. The minimum Gasteiger partial charge on any atom is -0.265 e. The average Bonchev–Trinajstić information content (AvgIpc) is 3.17. The molecule has 9 heteroatoms.